The summed E-state index contributed by atoms with van der Waals surface area (Å²) < 4.78 is 0.916. The molecule has 5 nitrogen and oxygen atoms in total. The first-order chi connectivity index (χ1) is 9.10. The number of rotatable bonds is 8. The van der Waals surface area contributed by atoms with Crippen LogP contribution in [0.15, 0.2) is 9.81 Å². The van der Waals surface area contributed by atoms with E-state index in [-0.39, 0.29) is 5.91 Å². The van der Waals surface area contributed by atoms with E-state index in [1.54, 1.807) is 0 Å². The summed E-state index contributed by atoms with van der Waals surface area (Å²) in [6.07, 6.45) is 6.23. The third-order valence-corrected chi connectivity index (χ3v) is 4.47. The molecule has 110 valence electrons. The normalized spacial score (nSPS) is 9.89. The maximum Gasteiger partial charge on any atom is 0.345 e. The molecule has 0 aliphatic heterocycles. The Morgan fingerprint density at radius 3 is 2.26 bits per heavy atom. The van der Waals surface area contributed by atoms with Gasteiger partial charge in [0.05, 0.1) is 6.61 Å². The second-order valence-electron chi connectivity index (χ2n) is 3.62. The number of hydrogen-bond acceptors (Lipinski definition) is 5. The van der Waals surface area contributed by atoms with Gasteiger partial charge in [-0.05, 0) is 25.4 Å². The van der Waals surface area contributed by atoms with E-state index in [1.165, 1.54) is 23.5 Å². The van der Waals surface area contributed by atoms with Crippen molar-refractivity contribution in [2.24, 2.45) is 0 Å². The number of amides is 3. The number of urea groups is 1. The Morgan fingerprint density at radius 1 is 1.16 bits per heavy atom. The highest BCUT2D eigenvalue weighted by molar-refractivity contribution is 8.21. The first-order valence-electron chi connectivity index (χ1n) is 6.14. The minimum absolute atomic E-state index is 0.377. The van der Waals surface area contributed by atoms with Gasteiger partial charge in [-0.1, -0.05) is 20.3 Å². The molecule has 0 atom stereocenters. The highest BCUT2D eigenvalue weighted by Gasteiger charge is 2.15. The lowest BCUT2D eigenvalue weighted by molar-refractivity contribution is -0.116. The van der Waals surface area contributed by atoms with E-state index in [2.05, 4.69) is 10.8 Å². The fourth-order valence-corrected chi connectivity index (χ4v) is 2.90. The van der Waals surface area contributed by atoms with E-state index in [9.17, 15) is 9.59 Å². The van der Waals surface area contributed by atoms with Crippen LogP contribution in [-0.2, 0) is 9.63 Å². The first kappa shape index (κ1) is 18.3. The predicted octanol–water partition coefficient (Wildman–Crippen LogP) is 2.89. The molecule has 0 radical (unpaired) electrons. The minimum Gasteiger partial charge on any atom is -0.272 e. The van der Waals surface area contributed by atoms with Gasteiger partial charge in [-0.2, -0.15) is 0 Å². The van der Waals surface area contributed by atoms with Crippen LogP contribution in [0, 0.1) is 0 Å². The minimum atomic E-state index is -0.631. The number of unbranched alkanes of at least 4 members (excludes halogenated alkanes) is 1. The van der Waals surface area contributed by atoms with Gasteiger partial charge in [0.25, 0.3) is 5.91 Å². The Bertz CT molecular complexity index is 327. The second kappa shape index (κ2) is 11.2. The molecule has 0 saturated carbocycles. The van der Waals surface area contributed by atoms with Crippen molar-refractivity contribution in [1.82, 2.24) is 10.8 Å². The number of thioether (sulfide) groups is 2. The Kier molecular flexibility index (Phi) is 10.8. The molecule has 0 aliphatic rings. The highest BCUT2D eigenvalue weighted by Crippen LogP contribution is 2.28. The lowest BCUT2D eigenvalue weighted by Crippen LogP contribution is -2.40. The third kappa shape index (κ3) is 7.49. The summed E-state index contributed by atoms with van der Waals surface area (Å²) >= 11 is 3.00. The average molecular weight is 306 g/mol. The number of hydrogen-bond donors (Lipinski definition) is 2. The molecule has 0 bridgehead atoms. The number of nitrogens with one attached hydrogen (secondary N) is 2. The van der Waals surface area contributed by atoms with Gasteiger partial charge < -0.3 is 0 Å². The van der Waals surface area contributed by atoms with E-state index in [0.717, 1.165) is 17.1 Å². The van der Waals surface area contributed by atoms with Crippen LogP contribution >= 0.6 is 23.5 Å². The zero-order valence-corrected chi connectivity index (χ0v) is 13.5. The molecule has 0 aromatic rings. The van der Waals surface area contributed by atoms with Crippen molar-refractivity contribution in [3.8, 4) is 0 Å². The van der Waals surface area contributed by atoms with Gasteiger partial charge in [0, 0.05) is 9.81 Å². The van der Waals surface area contributed by atoms with E-state index in [4.69, 9.17) is 4.84 Å². The molecule has 0 saturated heterocycles. The Balaban J connectivity index is 4.34. The maximum absolute atomic E-state index is 11.9. The number of hydroxylamine groups is 1. The summed E-state index contributed by atoms with van der Waals surface area (Å²) in [6, 6.07) is -0.631. The Labute approximate surface area is 123 Å². The monoisotopic (exact) mass is 306 g/mol. The summed E-state index contributed by atoms with van der Waals surface area (Å²) in [4.78, 5) is 28.3. The molecule has 2 N–H and O–H groups in total. The third-order valence-electron chi connectivity index (χ3n) is 2.24. The maximum atomic E-state index is 11.9. The molecule has 0 fully saturated rings. The van der Waals surface area contributed by atoms with Crippen LogP contribution in [0.2, 0.25) is 0 Å². The summed E-state index contributed by atoms with van der Waals surface area (Å²) in [5.41, 5.74) is 2.81. The molecular weight excluding hydrogens is 284 g/mol. The molecule has 7 heteroatoms. The summed E-state index contributed by atoms with van der Waals surface area (Å²) in [7, 11) is 0. The summed E-state index contributed by atoms with van der Waals surface area (Å²) in [5, 5.41) is 2.26. The largest absolute Gasteiger partial charge is 0.345 e. The van der Waals surface area contributed by atoms with Gasteiger partial charge >= 0.3 is 6.03 Å². The standard InChI is InChI=1S/C12H22N2O3S2/c1-5-7-8-17-14-12(16)13-10(15)9(6-2)11(18-3)19-4/h5-8H2,1-4H3,(H2,13,14,15,16). The predicted molar refractivity (Wildman–Crippen MR) is 81.9 cm³/mol. The van der Waals surface area contributed by atoms with Gasteiger partial charge in [0.15, 0.2) is 0 Å². The lowest BCUT2D eigenvalue weighted by atomic mass is 10.2. The van der Waals surface area contributed by atoms with E-state index in [0.29, 0.717) is 18.6 Å². The van der Waals surface area contributed by atoms with Crippen LogP contribution in [0.1, 0.15) is 33.1 Å². The second-order valence-corrected chi connectivity index (χ2v) is 5.51. The number of carbonyl (C=O) groups is 2. The average Bonchev–Trinajstić information content (AvgIpc) is 2.40. The topological polar surface area (TPSA) is 67.4 Å². The molecule has 3 amide bonds. The molecule has 0 unspecified atom stereocenters. The van der Waals surface area contributed by atoms with Crippen LogP contribution in [-0.4, -0.2) is 31.1 Å². The van der Waals surface area contributed by atoms with Gasteiger partial charge in [0.1, 0.15) is 0 Å². The van der Waals surface area contributed by atoms with Crippen molar-refractivity contribution in [2.45, 2.75) is 33.1 Å². The van der Waals surface area contributed by atoms with Crippen LogP contribution < -0.4 is 10.8 Å². The van der Waals surface area contributed by atoms with E-state index < -0.39 is 6.03 Å². The number of imide groups is 1. The van der Waals surface area contributed by atoms with Crippen LogP contribution in [0.25, 0.3) is 0 Å². The molecule has 0 spiro atoms. The molecule has 0 aliphatic carbocycles. The van der Waals surface area contributed by atoms with Crippen molar-refractivity contribution in [1.29, 1.82) is 0 Å². The molecule has 0 aromatic heterocycles. The van der Waals surface area contributed by atoms with Gasteiger partial charge in [-0.25, -0.2) is 10.3 Å². The van der Waals surface area contributed by atoms with Crippen molar-refractivity contribution < 1.29 is 14.4 Å². The lowest BCUT2D eigenvalue weighted by Gasteiger charge is -2.10. The van der Waals surface area contributed by atoms with E-state index >= 15 is 0 Å². The summed E-state index contributed by atoms with van der Waals surface area (Å²) in [6.45, 7) is 4.35. The van der Waals surface area contributed by atoms with Crippen molar-refractivity contribution in [3.63, 3.8) is 0 Å². The highest BCUT2D eigenvalue weighted by atomic mass is 32.2. The molecule has 19 heavy (non-hydrogen) atoms. The van der Waals surface area contributed by atoms with Crippen LogP contribution in [0.3, 0.4) is 0 Å². The quantitative estimate of drug-likeness (QED) is 0.410. The number of carbonyl (C=O) groups excluding carboxylic acids is 2. The van der Waals surface area contributed by atoms with Gasteiger partial charge in [0.2, 0.25) is 0 Å². The van der Waals surface area contributed by atoms with Gasteiger partial charge in [-0.3, -0.25) is 14.9 Å². The smallest absolute Gasteiger partial charge is 0.272 e. The van der Waals surface area contributed by atoms with Crippen molar-refractivity contribution in [2.75, 3.05) is 19.1 Å². The Hall–Kier alpha value is -0.660. The molecule has 0 heterocycles. The fraction of sp³-hybridized carbons (Fsp3) is 0.667. The van der Waals surface area contributed by atoms with Crippen molar-refractivity contribution in [3.05, 3.63) is 9.81 Å². The zero-order chi connectivity index (χ0) is 14.7. The van der Waals surface area contributed by atoms with Crippen LogP contribution in [0.4, 0.5) is 4.79 Å². The zero-order valence-electron chi connectivity index (χ0n) is 11.9. The van der Waals surface area contributed by atoms with Crippen molar-refractivity contribution >= 4 is 35.5 Å². The first-order valence-corrected chi connectivity index (χ1v) is 8.59. The summed E-state index contributed by atoms with van der Waals surface area (Å²) in [5.74, 6) is -0.377. The van der Waals surface area contributed by atoms with Gasteiger partial charge in [-0.15, -0.1) is 23.5 Å². The molecular formula is C12H22N2O3S2. The molecule has 0 aromatic carbocycles. The fourth-order valence-electron chi connectivity index (χ4n) is 1.26. The van der Waals surface area contributed by atoms with E-state index in [1.807, 2.05) is 26.4 Å². The van der Waals surface area contributed by atoms with Crippen LogP contribution in [0.5, 0.6) is 0 Å². The molecule has 0 rings (SSSR count). The Morgan fingerprint density at radius 2 is 1.79 bits per heavy atom. The SMILES string of the molecule is CCCCONC(=O)NC(=O)C(CC)=C(SC)SC.